The first-order valence-electron chi connectivity index (χ1n) is 7.50. The lowest BCUT2D eigenvalue weighted by atomic mass is 9.83. The molecule has 2 rings (SSSR count). The number of piperazine rings is 1. The molecule has 3 heteroatoms. The van der Waals surface area contributed by atoms with Crippen LogP contribution in [0, 0.1) is 0 Å². The fraction of sp³-hybridized carbons (Fsp3) is 0.647. The van der Waals surface area contributed by atoms with Gasteiger partial charge in [-0.2, -0.15) is 0 Å². The Morgan fingerprint density at radius 3 is 2.30 bits per heavy atom. The van der Waals surface area contributed by atoms with E-state index in [-0.39, 0.29) is 11.0 Å². The van der Waals surface area contributed by atoms with Crippen molar-refractivity contribution in [3.05, 3.63) is 29.8 Å². The molecule has 0 spiro atoms. The Bertz CT molecular complexity index is 448. The molecule has 0 saturated carbocycles. The molecule has 2 N–H and O–H groups in total. The summed E-state index contributed by atoms with van der Waals surface area (Å²) in [5.41, 5.74) is 8.40. The second kappa shape index (κ2) is 5.38. The van der Waals surface area contributed by atoms with Crippen LogP contribution >= 0.6 is 0 Å². The minimum Gasteiger partial charge on any atom is -0.399 e. The molecular weight excluding hydrogens is 246 g/mol. The molecule has 1 saturated heterocycles. The molecule has 1 aromatic carbocycles. The van der Waals surface area contributed by atoms with E-state index in [1.807, 2.05) is 12.1 Å². The number of hydrogen-bond acceptors (Lipinski definition) is 3. The molecule has 0 amide bonds. The fourth-order valence-electron chi connectivity index (χ4n) is 3.06. The van der Waals surface area contributed by atoms with E-state index in [0.717, 1.165) is 31.9 Å². The number of rotatable bonds is 3. The van der Waals surface area contributed by atoms with Gasteiger partial charge in [-0.3, -0.25) is 9.80 Å². The molecule has 0 atom stereocenters. The van der Waals surface area contributed by atoms with Crippen molar-refractivity contribution < 1.29 is 0 Å². The van der Waals surface area contributed by atoms with Crippen LogP contribution in [0.3, 0.4) is 0 Å². The van der Waals surface area contributed by atoms with E-state index < -0.39 is 0 Å². The van der Waals surface area contributed by atoms with E-state index in [4.69, 9.17) is 5.73 Å². The largest absolute Gasteiger partial charge is 0.399 e. The van der Waals surface area contributed by atoms with Gasteiger partial charge >= 0.3 is 0 Å². The van der Waals surface area contributed by atoms with Gasteiger partial charge in [0.25, 0.3) is 0 Å². The normalized spacial score (nSPS) is 21.1. The molecule has 0 unspecified atom stereocenters. The van der Waals surface area contributed by atoms with Crippen molar-refractivity contribution in [1.29, 1.82) is 0 Å². The van der Waals surface area contributed by atoms with E-state index in [2.05, 4.69) is 56.7 Å². The summed E-state index contributed by atoms with van der Waals surface area (Å²) in [6.07, 6.45) is 0. The van der Waals surface area contributed by atoms with E-state index in [0.29, 0.717) is 0 Å². The average molecular weight is 275 g/mol. The summed E-state index contributed by atoms with van der Waals surface area (Å²) in [4.78, 5) is 5.05. The zero-order valence-electron chi connectivity index (χ0n) is 13.6. The quantitative estimate of drug-likeness (QED) is 0.861. The first-order chi connectivity index (χ1) is 9.21. The summed E-state index contributed by atoms with van der Waals surface area (Å²) in [6.45, 7) is 13.8. The second-order valence-corrected chi connectivity index (χ2v) is 7.45. The van der Waals surface area contributed by atoms with Crippen LogP contribution in [0.15, 0.2) is 24.3 Å². The molecule has 112 valence electrons. The maximum absolute atomic E-state index is 5.79. The predicted molar refractivity (Wildman–Crippen MR) is 87.0 cm³/mol. The number of nitrogen functional groups attached to an aromatic ring is 1. The first kappa shape index (κ1) is 15.3. The average Bonchev–Trinajstić information content (AvgIpc) is 2.33. The number of anilines is 1. The van der Waals surface area contributed by atoms with E-state index >= 15 is 0 Å². The summed E-state index contributed by atoms with van der Waals surface area (Å²) in [5, 5.41) is 0. The molecule has 1 heterocycles. The molecule has 0 aromatic heterocycles. The minimum absolute atomic E-state index is 0.152. The van der Waals surface area contributed by atoms with Crippen LogP contribution in [0.5, 0.6) is 0 Å². The van der Waals surface area contributed by atoms with Crippen LogP contribution in [0.4, 0.5) is 5.69 Å². The fourth-order valence-corrected chi connectivity index (χ4v) is 3.06. The molecular formula is C17H29N3. The van der Waals surface area contributed by atoms with Gasteiger partial charge in [-0.25, -0.2) is 0 Å². The van der Waals surface area contributed by atoms with E-state index in [1.165, 1.54) is 5.56 Å². The van der Waals surface area contributed by atoms with E-state index in [1.54, 1.807) is 0 Å². The standard InChI is InChI=1S/C17H29N3/c1-16(2,14-6-8-15(18)9-7-14)12-20-11-10-19(5)17(3,4)13-20/h6-9H,10-13,18H2,1-5H3. The van der Waals surface area contributed by atoms with Crippen LogP contribution in [0.1, 0.15) is 33.3 Å². The predicted octanol–water partition coefficient (Wildman–Crippen LogP) is 2.57. The Balaban J connectivity index is 2.07. The van der Waals surface area contributed by atoms with Crippen LogP contribution in [0.25, 0.3) is 0 Å². The summed E-state index contributed by atoms with van der Waals surface area (Å²) in [6, 6.07) is 8.34. The third-order valence-electron chi connectivity index (χ3n) is 4.71. The number of likely N-dealkylation sites (N-methyl/N-ethyl adjacent to an activating group) is 1. The Morgan fingerprint density at radius 2 is 1.75 bits per heavy atom. The molecule has 1 fully saturated rings. The smallest absolute Gasteiger partial charge is 0.0314 e. The summed E-state index contributed by atoms with van der Waals surface area (Å²) >= 11 is 0. The van der Waals surface area contributed by atoms with Gasteiger partial charge in [0.15, 0.2) is 0 Å². The minimum atomic E-state index is 0.152. The molecule has 0 aliphatic carbocycles. The highest BCUT2D eigenvalue weighted by Crippen LogP contribution is 2.28. The number of nitrogens with two attached hydrogens (primary N) is 1. The number of hydrogen-bond donors (Lipinski definition) is 1. The van der Waals surface area contributed by atoms with Gasteiger partial charge in [-0.1, -0.05) is 26.0 Å². The van der Waals surface area contributed by atoms with Crippen molar-refractivity contribution in [1.82, 2.24) is 9.80 Å². The zero-order valence-corrected chi connectivity index (χ0v) is 13.6. The van der Waals surface area contributed by atoms with Crippen LogP contribution < -0.4 is 5.73 Å². The van der Waals surface area contributed by atoms with Crippen LogP contribution in [0.2, 0.25) is 0 Å². The second-order valence-electron chi connectivity index (χ2n) is 7.45. The Labute approximate surface area is 123 Å². The lowest BCUT2D eigenvalue weighted by molar-refractivity contribution is 0.0308. The topological polar surface area (TPSA) is 32.5 Å². The van der Waals surface area contributed by atoms with Crippen molar-refractivity contribution in [2.24, 2.45) is 0 Å². The molecule has 0 bridgehead atoms. The molecule has 3 nitrogen and oxygen atoms in total. The number of nitrogens with zero attached hydrogens (tertiary/aromatic N) is 2. The van der Waals surface area contributed by atoms with Gasteiger partial charge in [-0.05, 0) is 38.6 Å². The molecule has 1 aliphatic rings. The highest BCUT2D eigenvalue weighted by molar-refractivity contribution is 5.41. The lowest BCUT2D eigenvalue weighted by Crippen LogP contribution is -2.59. The van der Waals surface area contributed by atoms with Crippen LogP contribution in [-0.4, -0.2) is 48.6 Å². The maximum atomic E-state index is 5.79. The molecule has 20 heavy (non-hydrogen) atoms. The molecule has 1 aromatic rings. The monoisotopic (exact) mass is 275 g/mol. The van der Waals surface area contributed by atoms with Gasteiger partial charge < -0.3 is 5.73 Å². The van der Waals surface area contributed by atoms with Gasteiger partial charge in [0.2, 0.25) is 0 Å². The van der Waals surface area contributed by atoms with Gasteiger partial charge in [-0.15, -0.1) is 0 Å². The summed E-state index contributed by atoms with van der Waals surface area (Å²) < 4.78 is 0. The first-order valence-corrected chi connectivity index (χ1v) is 7.50. The Kier molecular flexibility index (Phi) is 4.12. The van der Waals surface area contributed by atoms with Gasteiger partial charge in [0.05, 0.1) is 0 Å². The summed E-state index contributed by atoms with van der Waals surface area (Å²) in [7, 11) is 2.22. The highest BCUT2D eigenvalue weighted by atomic mass is 15.3. The third kappa shape index (κ3) is 3.33. The SMILES string of the molecule is CN1CCN(CC(C)(C)c2ccc(N)cc2)CC1(C)C. The zero-order chi connectivity index (χ0) is 15.0. The Morgan fingerprint density at radius 1 is 1.15 bits per heavy atom. The highest BCUT2D eigenvalue weighted by Gasteiger charge is 2.33. The van der Waals surface area contributed by atoms with E-state index in [9.17, 15) is 0 Å². The van der Waals surface area contributed by atoms with Crippen LogP contribution in [-0.2, 0) is 5.41 Å². The van der Waals surface area contributed by atoms with Crippen molar-refractivity contribution in [2.45, 2.75) is 38.6 Å². The van der Waals surface area contributed by atoms with Gasteiger partial charge in [0, 0.05) is 42.8 Å². The Hall–Kier alpha value is -1.06. The summed E-state index contributed by atoms with van der Waals surface area (Å²) in [5.74, 6) is 0. The van der Waals surface area contributed by atoms with Gasteiger partial charge in [0.1, 0.15) is 0 Å². The molecule has 0 radical (unpaired) electrons. The van der Waals surface area contributed by atoms with Crippen molar-refractivity contribution >= 4 is 5.69 Å². The molecule has 1 aliphatic heterocycles. The maximum Gasteiger partial charge on any atom is 0.0314 e. The number of benzene rings is 1. The third-order valence-corrected chi connectivity index (χ3v) is 4.71. The van der Waals surface area contributed by atoms with Crippen molar-refractivity contribution in [3.63, 3.8) is 0 Å². The van der Waals surface area contributed by atoms with Crippen molar-refractivity contribution in [3.8, 4) is 0 Å². The van der Waals surface area contributed by atoms with Crippen molar-refractivity contribution in [2.75, 3.05) is 39.0 Å². The lowest BCUT2D eigenvalue weighted by Gasteiger charge is -2.47.